The van der Waals surface area contributed by atoms with E-state index in [9.17, 15) is 8.78 Å². The Labute approximate surface area is 105 Å². The summed E-state index contributed by atoms with van der Waals surface area (Å²) in [6.07, 6.45) is 1.85. The molecular weight excluding hydrogens is 236 g/mol. The minimum absolute atomic E-state index is 0.0932. The molecule has 18 heavy (non-hydrogen) atoms. The van der Waals surface area contributed by atoms with Crippen LogP contribution in [0.1, 0.15) is 22.9 Å². The minimum atomic E-state index is -0.518. The van der Waals surface area contributed by atoms with E-state index in [1.165, 1.54) is 18.2 Å². The molecule has 1 heterocycles. The van der Waals surface area contributed by atoms with Gasteiger partial charge in [-0.1, -0.05) is 6.07 Å². The summed E-state index contributed by atoms with van der Waals surface area (Å²) in [6.45, 7) is 1.83. The molecule has 1 aromatic heterocycles. The highest BCUT2D eigenvalue weighted by Crippen LogP contribution is 2.23. The van der Waals surface area contributed by atoms with Crippen molar-refractivity contribution in [1.29, 1.82) is 0 Å². The van der Waals surface area contributed by atoms with Crippen LogP contribution < -0.4 is 5.32 Å². The van der Waals surface area contributed by atoms with Gasteiger partial charge in [-0.25, -0.2) is 8.78 Å². The van der Waals surface area contributed by atoms with Gasteiger partial charge in [-0.05, 0) is 38.6 Å². The molecule has 0 spiro atoms. The Morgan fingerprint density at radius 3 is 2.44 bits per heavy atom. The Balaban J connectivity index is 2.26. The third kappa shape index (κ3) is 2.59. The molecule has 1 atom stereocenters. The number of aryl methyl sites for hydroxylation is 1. The summed E-state index contributed by atoms with van der Waals surface area (Å²) in [5, 5.41) is 3.04. The maximum Gasteiger partial charge on any atom is 0.129 e. The van der Waals surface area contributed by atoms with Gasteiger partial charge in [-0.2, -0.15) is 0 Å². The summed E-state index contributed by atoms with van der Waals surface area (Å²) < 4.78 is 32.4. The van der Waals surface area contributed by atoms with Crippen molar-refractivity contribution in [2.24, 2.45) is 0 Å². The molecule has 0 radical (unpaired) electrons. The van der Waals surface area contributed by atoms with Crippen molar-refractivity contribution in [1.82, 2.24) is 5.32 Å². The molecule has 1 aromatic carbocycles. The summed E-state index contributed by atoms with van der Waals surface area (Å²) >= 11 is 0. The predicted molar refractivity (Wildman–Crippen MR) is 65.3 cm³/mol. The summed E-state index contributed by atoms with van der Waals surface area (Å²) in [5.74, 6) is -0.259. The van der Waals surface area contributed by atoms with Crippen LogP contribution in [-0.2, 0) is 6.42 Å². The zero-order chi connectivity index (χ0) is 13.1. The SMILES string of the molecule is CNC(Cc1c(F)cccc1F)c1coc(C)c1. The van der Waals surface area contributed by atoms with E-state index in [2.05, 4.69) is 5.32 Å². The van der Waals surface area contributed by atoms with Gasteiger partial charge in [0, 0.05) is 17.2 Å². The number of furan rings is 1. The maximum atomic E-state index is 13.6. The third-order valence-electron chi connectivity index (χ3n) is 2.97. The van der Waals surface area contributed by atoms with Crippen LogP contribution in [0.4, 0.5) is 8.78 Å². The molecule has 1 N–H and O–H groups in total. The first-order valence-corrected chi connectivity index (χ1v) is 5.77. The van der Waals surface area contributed by atoms with Crippen molar-refractivity contribution < 1.29 is 13.2 Å². The molecule has 0 aliphatic rings. The second-order valence-electron chi connectivity index (χ2n) is 4.24. The Bertz CT molecular complexity index is 516. The topological polar surface area (TPSA) is 25.2 Å². The van der Waals surface area contributed by atoms with E-state index < -0.39 is 11.6 Å². The van der Waals surface area contributed by atoms with Crippen LogP contribution in [0, 0.1) is 18.6 Å². The third-order valence-corrected chi connectivity index (χ3v) is 2.97. The van der Waals surface area contributed by atoms with E-state index in [0.29, 0.717) is 0 Å². The average Bonchev–Trinajstić information content (AvgIpc) is 2.76. The molecule has 4 heteroatoms. The van der Waals surface area contributed by atoms with Crippen LogP contribution in [-0.4, -0.2) is 7.05 Å². The van der Waals surface area contributed by atoms with E-state index in [-0.39, 0.29) is 18.0 Å². The molecule has 0 aliphatic carbocycles. The molecule has 0 bridgehead atoms. The average molecular weight is 251 g/mol. The van der Waals surface area contributed by atoms with Crippen molar-refractivity contribution in [3.05, 3.63) is 59.1 Å². The van der Waals surface area contributed by atoms with Crippen LogP contribution in [0.2, 0.25) is 0 Å². The molecule has 2 aromatic rings. The number of hydrogen-bond acceptors (Lipinski definition) is 2. The van der Waals surface area contributed by atoms with Crippen LogP contribution in [0.5, 0.6) is 0 Å². The molecule has 96 valence electrons. The van der Waals surface area contributed by atoms with Crippen LogP contribution in [0.15, 0.2) is 34.9 Å². The fraction of sp³-hybridized carbons (Fsp3) is 0.286. The quantitative estimate of drug-likeness (QED) is 0.901. The lowest BCUT2D eigenvalue weighted by atomic mass is 10.00. The van der Waals surface area contributed by atoms with Crippen molar-refractivity contribution in [3.63, 3.8) is 0 Å². The predicted octanol–water partition coefficient (Wildman–Crippen LogP) is 3.37. The maximum absolute atomic E-state index is 13.6. The molecule has 1 unspecified atom stereocenters. The van der Waals surface area contributed by atoms with Gasteiger partial charge < -0.3 is 9.73 Å². The number of benzene rings is 1. The van der Waals surface area contributed by atoms with Gasteiger partial charge in [0.15, 0.2) is 0 Å². The van der Waals surface area contributed by atoms with Crippen molar-refractivity contribution in [3.8, 4) is 0 Å². The van der Waals surface area contributed by atoms with Crippen molar-refractivity contribution >= 4 is 0 Å². The normalized spacial score (nSPS) is 12.7. The molecular formula is C14H15F2NO. The Morgan fingerprint density at radius 1 is 1.28 bits per heavy atom. The highest BCUT2D eigenvalue weighted by Gasteiger charge is 2.17. The summed E-state index contributed by atoms with van der Waals surface area (Å²) in [5.41, 5.74) is 0.980. The zero-order valence-corrected chi connectivity index (χ0v) is 10.3. The standard InChI is InChI=1S/C14H15F2NO/c1-9-6-10(8-18-9)14(17-2)7-11-12(15)4-3-5-13(11)16/h3-6,8,14,17H,7H2,1-2H3. The lowest BCUT2D eigenvalue weighted by Crippen LogP contribution is -2.19. The monoisotopic (exact) mass is 251 g/mol. The van der Waals surface area contributed by atoms with Crippen LogP contribution in [0.25, 0.3) is 0 Å². The highest BCUT2D eigenvalue weighted by molar-refractivity contribution is 5.24. The molecule has 0 amide bonds. The van der Waals surface area contributed by atoms with E-state index in [0.717, 1.165) is 11.3 Å². The number of rotatable bonds is 4. The number of hydrogen-bond donors (Lipinski definition) is 1. The first kappa shape index (κ1) is 12.8. The van der Waals surface area contributed by atoms with Gasteiger partial charge in [0.2, 0.25) is 0 Å². The Morgan fingerprint density at radius 2 is 1.94 bits per heavy atom. The molecule has 0 fully saturated rings. The van der Waals surface area contributed by atoms with Crippen molar-refractivity contribution in [2.75, 3.05) is 7.05 Å². The zero-order valence-electron chi connectivity index (χ0n) is 10.3. The van der Waals surface area contributed by atoms with E-state index in [4.69, 9.17) is 4.42 Å². The fourth-order valence-electron chi connectivity index (χ4n) is 1.96. The van der Waals surface area contributed by atoms with E-state index >= 15 is 0 Å². The Kier molecular flexibility index (Phi) is 3.77. The molecule has 2 rings (SSSR count). The Hall–Kier alpha value is -1.68. The van der Waals surface area contributed by atoms with Gasteiger partial charge in [0.05, 0.1) is 6.26 Å². The lowest BCUT2D eigenvalue weighted by Gasteiger charge is -2.15. The van der Waals surface area contributed by atoms with Crippen LogP contribution >= 0.6 is 0 Å². The minimum Gasteiger partial charge on any atom is -0.469 e. The van der Waals surface area contributed by atoms with Gasteiger partial charge in [0.25, 0.3) is 0 Å². The number of halogens is 2. The lowest BCUT2D eigenvalue weighted by molar-refractivity contribution is 0.501. The number of nitrogens with one attached hydrogen (secondary N) is 1. The molecule has 0 aliphatic heterocycles. The largest absolute Gasteiger partial charge is 0.469 e. The van der Waals surface area contributed by atoms with Gasteiger partial charge in [-0.3, -0.25) is 0 Å². The van der Waals surface area contributed by atoms with E-state index in [1.54, 1.807) is 13.3 Å². The second kappa shape index (κ2) is 5.31. The van der Waals surface area contributed by atoms with Crippen molar-refractivity contribution in [2.45, 2.75) is 19.4 Å². The number of likely N-dealkylation sites (N-methyl/N-ethyl adjacent to an activating group) is 1. The summed E-state index contributed by atoms with van der Waals surface area (Å²) in [7, 11) is 1.76. The molecule has 0 saturated carbocycles. The first-order chi connectivity index (χ1) is 8.61. The highest BCUT2D eigenvalue weighted by atomic mass is 19.1. The van der Waals surface area contributed by atoms with Gasteiger partial charge in [-0.15, -0.1) is 0 Å². The summed E-state index contributed by atoms with van der Waals surface area (Å²) in [6, 6.07) is 5.59. The first-order valence-electron chi connectivity index (χ1n) is 5.77. The van der Waals surface area contributed by atoms with Gasteiger partial charge >= 0.3 is 0 Å². The molecule has 0 saturated heterocycles. The fourth-order valence-corrected chi connectivity index (χ4v) is 1.96. The van der Waals surface area contributed by atoms with Gasteiger partial charge in [0.1, 0.15) is 17.4 Å². The summed E-state index contributed by atoms with van der Waals surface area (Å²) in [4.78, 5) is 0. The van der Waals surface area contributed by atoms with Crippen LogP contribution in [0.3, 0.4) is 0 Å². The van der Waals surface area contributed by atoms with E-state index in [1.807, 2.05) is 13.0 Å². The second-order valence-corrected chi connectivity index (χ2v) is 4.24. The smallest absolute Gasteiger partial charge is 0.129 e. The molecule has 2 nitrogen and oxygen atoms in total.